The summed E-state index contributed by atoms with van der Waals surface area (Å²) in [7, 11) is 1.75. The summed E-state index contributed by atoms with van der Waals surface area (Å²) in [5.41, 5.74) is 1.10. The molecule has 0 bridgehead atoms. The van der Waals surface area contributed by atoms with Gasteiger partial charge in [-0.2, -0.15) is 0 Å². The largest absolute Gasteiger partial charge is 0.395 e. The lowest BCUT2D eigenvalue weighted by Crippen LogP contribution is -2.36. The van der Waals surface area contributed by atoms with Crippen molar-refractivity contribution in [1.29, 1.82) is 0 Å². The van der Waals surface area contributed by atoms with Crippen LogP contribution in [0, 0.1) is 11.8 Å². The minimum Gasteiger partial charge on any atom is -0.395 e. The third-order valence-electron chi connectivity index (χ3n) is 3.59. The number of hydrogen-bond donors (Lipinski definition) is 1. The van der Waals surface area contributed by atoms with Crippen LogP contribution in [0.15, 0.2) is 11.4 Å². The number of hydrogen-bond acceptors (Lipinski definition) is 4. The molecule has 0 aliphatic carbocycles. The second kappa shape index (κ2) is 10.8. The van der Waals surface area contributed by atoms with Crippen molar-refractivity contribution in [3.05, 3.63) is 21.9 Å². The van der Waals surface area contributed by atoms with Gasteiger partial charge in [0.15, 0.2) is 0 Å². The third kappa shape index (κ3) is 6.19. The first kappa shape index (κ1) is 18.2. The molecule has 3 nitrogen and oxygen atoms in total. The molecule has 0 saturated heterocycles. The van der Waals surface area contributed by atoms with Crippen molar-refractivity contribution in [1.82, 2.24) is 4.90 Å². The Hall–Kier alpha value is -0.860. The number of ether oxygens (including phenoxy) is 1. The van der Waals surface area contributed by atoms with Crippen LogP contribution in [0.25, 0.3) is 0 Å². The number of thiophene rings is 1. The summed E-state index contributed by atoms with van der Waals surface area (Å²) in [4.78, 5) is 3.80. The van der Waals surface area contributed by atoms with Crippen molar-refractivity contribution in [3.63, 3.8) is 0 Å². The zero-order valence-electron chi connectivity index (χ0n) is 13.4. The maximum absolute atomic E-state index is 8.82. The third-order valence-corrected chi connectivity index (χ3v) is 4.50. The summed E-state index contributed by atoms with van der Waals surface area (Å²) in [5.74, 6) is 6.19. The lowest BCUT2D eigenvalue weighted by molar-refractivity contribution is 0.111. The molecule has 0 unspecified atom stereocenters. The van der Waals surface area contributed by atoms with Gasteiger partial charge in [-0.15, -0.1) is 11.3 Å². The smallest absolute Gasteiger partial charge is 0.0589 e. The molecular weight excluding hydrogens is 282 g/mol. The fraction of sp³-hybridized carbons (Fsp3) is 0.647. The normalized spacial score (nSPS) is 11.0. The molecule has 1 aromatic rings. The van der Waals surface area contributed by atoms with Gasteiger partial charge in [-0.1, -0.05) is 25.7 Å². The van der Waals surface area contributed by atoms with Gasteiger partial charge < -0.3 is 9.84 Å². The Morgan fingerprint density at radius 3 is 2.76 bits per heavy atom. The molecule has 1 N–H and O–H groups in total. The van der Waals surface area contributed by atoms with Crippen LogP contribution in [0.5, 0.6) is 0 Å². The van der Waals surface area contributed by atoms with E-state index in [2.05, 4.69) is 42.0 Å². The molecule has 0 spiro atoms. The van der Waals surface area contributed by atoms with Crippen molar-refractivity contribution < 1.29 is 9.84 Å². The molecule has 1 rings (SSSR count). The molecule has 0 atom stereocenters. The highest BCUT2D eigenvalue weighted by Gasteiger charge is 2.17. The Balaban J connectivity index is 2.78. The van der Waals surface area contributed by atoms with Gasteiger partial charge in [-0.05, 0) is 24.3 Å². The van der Waals surface area contributed by atoms with Crippen molar-refractivity contribution in [2.24, 2.45) is 0 Å². The molecule has 0 saturated carbocycles. The van der Waals surface area contributed by atoms with Gasteiger partial charge in [0.2, 0.25) is 0 Å². The molecule has 0 aliphatic rings. The van der Waals surface area contributed by atoms with Crippen LogP contribution >= 0.6 is 11.3 Å². The Morgan fingerprint density at radius 2 is 2.14 bits per heavy atom. The molecule has 1 aromatic heterocycles. The predicted molar refractivity (Wildman–Crippen MR) is 89.6 cm³/mol. The Morgan fingerprint density at radius 1 is 1.38 bits per heavy atom. The van der Waals surface area contributed by atoms with Gasteiger partial charge in [-0.3, -0.25) is 4.90 Å². The number of rotatable bonds is 9. The highest BCUT2D eigenvalue weighted by atomic mass is 32.1. The second-order valence-corrected chi connectivity index (χ2v) is 5.97. The second-order valence-electron chi connectivity index (χ2n) is 4.97. The summed E-state index contributed by atoms with van der Waals surface area (Å²) in [6, 6.07) is 2.66. The highest BCUT2D eigenvalue weighted by molar-refractivity contribution is 7.10. The van der Waals surface area contributed by atoms with Crippen molar-refractivity contribution in [2.45, 2.75) is 45.7 Å². The highest BCUT2D eigenvalue weighted by Crippen LogP contribution is 2.21. The van der Waals surface area contributed by atoms with E-state index in [-0.39, 0.29) is 6.61 Å². The van der Waals surface area contributed by atoms with E-state index < -0.39 is 0 Å². The summed E-state index contributed by atoms with van der Waals surface area (Å²) >= 11 is 1.76. The summed E-state index contributed by atoms with van der Waals surface area (Å²) < 4.78 is 5.25. The van der Waals surface area contributed by atoms with Gasteiger partial charge in [0, 0.05) is 43.1 Å². The number of methoxy groups -OCH3 is 1. The van der Waals surface area contributed by atoms with Gasteiger partial charge >= 0.3 is 0 Å². The predicted octanol–water partition coefficient (Wildman–Crippen LogP) is 3.12. The van der Waals surface area contributed by atoms with Crippen LogP contribution in [0.4, 0.5) is 0 Å². The number of aliphatic hydroxyl groups is 1. The zero-order valence-corrected chi connectivity index (χ0v) is 14.2. The quantitative estimate of drug-likeness (QED) is 0.711. The Kier molecular flexibility index (Phi) is 9.36. The number of aliphatic hydroxyl groups excluding tert-OH is 1. The minimum absolute atomic E-state index is 0.125. The molecular formula is C17H27NO2S. The van der Waals surface area contributed by atoms with E-state index in [4.69, 9.17) is 9.84 Å². The van der Waals surface area contributed by atoms with Crippen LogP contribution in [0.2, 0.25) is 0 Å². The van der Waals surface area contributed by atoms with Crippen LogP contribution in [0.1, 0.15) is 43.6 Å². The maximum Gasteiger partial charge on any atom is 0.0589 e. The van der Waals surface area contributed by atoms with E-state index in [1.807, 2.05) is 0 Å². The molecule has 0 fully saturated rings. The van der Waals surface area contributed by atoms with Crippen molar-refractivity contribution in [3.8, 4) is 11.8 Å². The summed E-state index contributed by atoms with van der Waals surface area (Å²) in [6.07, 6.45) is 2.84. The molecule has 4 heteroatoms. The van der Waals surface area contributed by atoms with E-state index in [1.165, 1.54) is 4.88 Å². The van der Waals surface area contributed by atoms with E-state index in [1.54, 1.807) is 18.4 Å². The van der Waals surface area contributed by atoms with Crippen LogP contribution in [-0.2, 0) is 11.3 Å². The minimum atomic E-state index is 0.125. The zero-order chi connectivity index (χ0) is 15.5. The molecule has 0 aliphatic heterocycles. The van der Waals surface area contributed by atoms with Gasteiger partial charge in [-0.25, -0.2) is 0 Å². The lowest BCUT2D eigenvalue weighted by Gasteiger charge is -2.30. The SMILES string of the molecule is CCC(CC)N(CCOC)Cc1sccc1C#CCCO. The number of nitrogens with zero attached hydrogens (tertiary/aromatic N) is 1. The van der Waals surface area contributed by atoms with Crippen molar-refractivity contribution >= 4 is 11.3 Å². The summed E-state index contributed by atoms with van der Waals surface area (Å²) in [6.45, 7) is 7.24. The Labute approximate surface area is 132 Å². The average Bonchev–Trinajstić information content (AvgIpc) is 2.93. The maximum atomic E-state index is 8.82. The fourth-order valence-corrected chi connectivity index (χ4v) is 3.23. The first-order valence-electron chi connectivity index (χ1n) is 7.65. The molecule has 1 heterocycles. The van der Waals surface area contributed by atoms with E-state index in [0.29, 0.717) is 12.5 Å². The van der Waals surface area contributed by atoms with Crippen molar-refractivity contribution in [2.75, 3.05) is 26.9 Å². The molecule has 0 aromatic carbocycles. The first-order valence-corrected chi connectivity index (χ1v) is 8.53. The van der Waals surface area contributed by atoms with Crippen LogP contribution < -0.4 is 0 Å². The van der Waals surface area contributed by atoms with Gasteiger partial charge in [0.25, 0.3) is 0 Å². The summed E-state index contributed by atoms with van der Waals surface area (Å²) in [5, 5.41) is 10.9. The molecule has 0 radical (unpaired) electrons. The average molecular weight is 309 g/mol. The van der Waals surface area contributed by atoms with Gasteiger partial charge in [0.1, 0.15) is 0 Å². The molecule has 118 valence electrons. The van der Waals surface area contributed by atoms with Crippen LogP contribution in [-0.4, -0.2) is 42.9 Å². The van der Waals surface area contributed by atoms with E-state index in [0.717, 1.165) is 38.1 Å². The topological polar surface area (TPSA) is 32.7 Å². The lowest BCUT2D eigenvalue weighted by atomic mass is 10.1. The molecule has 0 amide bonds. The first-order chi connectivity index (χ1) is 10.3. The fourth-order valence-electron chi connectivity index (χ4n) is 2.38. The van der Waals surface area contributed by atoms with E-state index >= 15 is 0 Å². The van der Waals surface area contributed by atoms with E-state index in [9.17, 15) is 0 Å². The monoisotopic (exact) mass is 309 g/mol. The van der Waals surface area contributed by atoms with Crippen LogP contribution in [0.3, 0.4) is 0 Å². The Bertz CT molecular complexity index is 443. The standard InChI is InChI=1S/C17H27NO2S/c1-4-16(5-2)18(10-12-20-3)14-17-15(9-13-21-17)8-6-7-11-19/h9,13,16,19H,4-5,7,10-12,14H2,1-3H3. The molecule has 21 heavy (non-hydrogen) atoms. The van der Waals surface area contributed by atoms with Gasteiger partial charge in [0.05, 0.1) is 13.2 Å².